The van der Waals surface area contributed by atoms with Crippen LogP contribution in [0.25, 0.3) is 0 Å². The van der Waals surface area contributed by atoms with Crippen molar-refractivity contribution in [2.75, 3.05) is 26.7 Å². The van der Waals surface area contributed by atoms with Crippen LogP contribution in [0.4, 0.5) is 0 Å². The van der Waals surface area contributed by atoms with Crippen molar-refractivity contribution in [3.05, 3.63) is 16.1 Å². The molecule has 1 aliphatic rings. The fourth-order valence-electron chi connectivity index (χ4n) is 1.55. The molecular weight excluding hydrogens is 335 g/mol. The maximum atomic E-state index is 4.42. The van der Waals surface area contributed by atoms with Gasteiger partial charge in [0.1, 0.15) is 0 Å². The van der Waals surface area contributed by atoms with Crippen LogP contribution in [0.2, 0.25) is 0 Å². The molecule has 1 aliphatic heterocycles. The Kier molecular flexibility index (Phi) is 5.47. The van der Waals surface area contributed by atoms with Gasteiger partial charge in [-0.15, -0.1) is 35.3 Å². The molecule has 0 saturated heterocycles. The van der Waals surface area contributed by atoms with Crippen molar-refractivity contribution in [1.82, 2.24) is 15.2 Å². The molecule has 0 bridgehead atoms. The quantitative estimate of drug-likeness (QED) is 0.839. The molecule has 2 rings (SSSR count). The number of hydrogen-bond acceptors (Lipinski definition) is 5. The third-order valence-corrected chi connectivity index (χ3v) is 3.21. The van der Waals surface area contributed by atoms with E-state index in [1.54, 1.807) is 11.3 Å². The van der Waals surface area contributed by atoms with Crippen LogP contribution in [0.3, 0.4) is 0 Å². The van der Waals surface area contributed by atoms with Gasteiger partial charge in [0.25, 0.3) is 0 Å². The highest BCUT2D eigenvalue weighted by Gasteiger charge is 2.10. The molecule has 0 fully saturated rings. The molecule has 2 heterocycles. The summed E-state index contributed by atoms with van der Waals surface area (Å²) >= 11 is 1.71. The largest absolute Gasteiger partial charge is 0.356 e. The number of nitrogens with one attached hydrogen (secondary N) is 1. The van der Waals surface area contributed by atoms with E-state index in [0.717, 1.165) is 37.0 Å². The molecule has 0 unspecified atom stereocenters. The van der Waals surface area contributed by atoms with Gasteiger partial charge in [-0.05, 0) is 6.92 Å². The Hall–Kier alpha value is -0.370. The van der Waals surface area contributed by atoms with Crippen molar-refractivity contribution < 1.29 is 0 Å². The second-order valence-corrected chi connectivity index (χ2v) is 4.72. The monoisotopic (exact) mass is 352 g/mol. The first-order valence-electron chi connectivity index (χ1n) is 5.16. The van der Waals surface area contributed by atoms with E-state index >= 15 is 0 Å². The molecule has 0 amide bonds. The molecule has 0 radical (unpaired) electrons. The molecule has 16 heavy (non-hydrogen) atoms. The normalized spacial score (nSPS) is 14.6. The Labute approximate surface area is 117 Å². The molecule has 1 aromatic heterocycles. The zero-order valence-electron chi connectivity index (χ0n) is 9.56. The van der Waals surface area contributed by atoms with Gasteiger partial charge >= 0.3 is 0 Å². The van der Waals surface area contributed by atoms with Gasteiger partial charge < -0.3 is 10.2 Å². The lowest BCUT2D eigenvalue weighted by atomic mass is 10.3. The summed E-state index contributed by atoms with van der Waals surface area (Å²) in [4.78, 5) is 10.9. The lowest BCUT2D eigenvalue weighted by Crippen LogP contribution is -2.36. The fraction of sp³-hybridized carbons (Fsp3) is 0.600. The second kappa shape index (κ2) is 6.39. The van der Waals surface area contributed by atoms with Gasteiger partial charge in [-0.1, -0.05) is 0 Å². The van der Waals surface area contributed by atoms with E-state index in [4.69, 9.17) is 0 Å². The number of likely N-dealkylation sites (N-methyl/N-ethyl adjacent to an activating group) is 1. The summed E-state index contributed by atoms with van der Waals surface area (Å²) in [5.41, 5.74) is 1.17. The first-order valence-corrected chi connectivity index (χ1v) is 6.04. The molecule has 0 spiro atoms. The van der Waals surface area contributed by atoms with Crippen LogP contribution in [0.1, 0.15) is 10.7 Å². The standard InChI is InChI=1S/C10H16N4S.HI/c1-8-13-9(7-15-8)3-4-11-10-12-5-6-14(10)2;/h7H,3-6H2,1-2H3,(H,11,12);1H. The van der Waals surface area contributed by atoms with Crippen LogP contribution in [0, 0.1) is 6.92 Å². The Bertz CT molecular complexity index is 363. The van der Waals surface area contributed by atoms with E-state index in [0.29, 0.717) is 0 Å². The summed E-state index contributed by atoms with van der Waals surface area (Å²) < 4.78 is 0. The first-order chi connectivity index (χ1) is 7.25. The molecule has 90 valence electrons. The Morgan fingerprint density at radius 3 is 2.94 bits per heavy atom. The van der Waals surface area contributed by atoms with E-state index in [2.05, 4.69) is 32.6 Å². The Morgan fingerprint density at radius 1 is 1.56 bits per heavy atom. The van der Waals surface area contributed by atoms with Gasteiger partial charge in [-0.3, -0.25) is 4.99 Å². The SMILES string of the molecule is Cc1nc(CCNC2=NCCN2C)cs1.I. The molecule has 0 atom stereocenters. The maximum absolute atomic E-state index is 4.42. The number of guanidine groups is 1. The van der Waals surface area contributed by atoms with E-state index in [1.807, 2.05) is 6.92 Å². The van der Waals surface area contributed by atoms with E-state index in [-0.39, 0.29) is 24.0 Å². The van der Waals surface area contributed by atoms with Crippen LogP contribution < -0.4 is 5.32 Å². The van der Waals surface area contributed by atoms with E-state index in [1.165, 1.54) is 5.69 Å². The highest BCUT2D eigenvalue weighted by molar-refractivity contribution is 14.0. The summed E-state index contributed by atoms with van der Waals surface area (Å²) in [5.74, 6) is 1.02. The molecular formula is C10H17IN4S. The second-order valence-electron chi connectivity index (χ2n) is 3.66. The predicted octanol–water partition coefficient (Wildman–Crippen LogP) is 1.50. The van der Waals surface area contributed by atoms with Gasteiger partial charge in [-0.2, -0.15) is 0 Å². The average molecular weight is 352 g/mol. The third-order valence-electron chi connectivity index (χ3n) is 2.39. The highest BCUT2D eigenvalue weighted by atomic mass is 127. The number of aliphatic imine (C=N–C) groups is 1. The third kappa shape index (κ3) is 3.58. The molecule has 4 nitrogen and oxygen atoms in total. The minimum atomic E-state index is 0. The van der Waals surface area contributed by atoms with Crippen LogP contribution >= 0.6 is 35.3 Å². The number of halogens is 1. The summed E-state index contributed by atoms with van der Waals surface area (Å²) in [6.07, 6.45) is 0.969. The Balaban J connectivity index is 0.00000128. The van der Waals surface area contributed by atoms with E-state index < -0.39 is 0 Å². The lowest BCUT2D eigenvalue weighted by Gasteiger charge is -2.14. The number of rotatable bonds is 3. The highest BCUT2D eigenvalue weighted by Crippen LogP contribution is 2.07. The predicted molar refractivity (Wildman–Crippen MR) is 78.9 cm³/mol. The van der Waals surface area contributed by atoms with Gasteiger partial charge in [0, 0.05) is 31.9 Å². The van der Waals surface area contributed by atoms with E-state index in [9.17, 15) is 0 Å². The molecule has 6 heteroatoms. The van der Waals surface area contributed by atoms with Crippen molar-refractivity contribution in [3.63, 3.8) is 0 Å². The van der Waals surface area contributed by atoms with Crippen LogP contribution in [-0.2, 0) is 6.42 Å². The molecule has 0 aromatic carbocycles. The van der Waals surface area contributed by atoms with Gasteiger partial charge in [-0.25, -0.2) is 4.98 Å². The first kappa shape index (κ1) is 13.7. The maximum Gasteiger partial charge on any atom is 0.193 e. The smallest absolute Gasteiger partial charge is 0.193 e. The number of hydrogen-bond donors (Lipinski definition) is 1. The molecule has 0 saturated carbocycles. The minimum absolute atomic E-state index is 0. The van der Waals surface area contributed by atoms with Crippen LogP contribution in [0.5, 0.6) is 0 Å². The van der Waals surface area contributed by atoms with Crippen molar-refractivity contribution in [2.45, 2.75) is 13.3 Å². The van der Waals surface area contributed by atoms with Gasteiger partial charge in [0.15, 0.2) is 5.96 Å². The van der Waals surface area contributed by atoms with Crippen molar-refractivity contribution in [2.24, 2.45) is 4.99 Å². The number of thiazole rings is 1. The zero-order valence-corrected chi connectivity index (χ0v) is 12.7. The minimum Gasteiger partial charge on any atom is -0.356 e. The number of aryl methyl sites for hydroxylation is 1. The number of nitrogens with zero attached hydrogens (tertiary/aromatic N) is 3. The zero-order chi connectivity index (χ0) is 10.7. The van der Waals surface area contributed by atoms with Gasteiger partial charge in [0.2, 0.25) is 0 Å². The molecule has 1 N–H and O–H groups in total. The van der Waals surface area contributed by atoms with Crippen molar-refractivity contribution >= 4 is 41.3 Å². The van der Waals surface area contributed by atoms with Crippen molar-refractivity contribution in [1.29, 1.82) is 0 Å². The summed E-state index contributed by atoms with van der Waals surface area (Å²) in [6.45, 7) is 4.88. The summed E-state index contributed by atoms with van der Waals surface area (Å²) in [6, 6.07) is 0. The van der Waals surface area contributed by atoms with Crippen LogP contribution in [0.15, 0.2) is 10.4 Å². The molecule has 1 aromatic rings. The van der Waals surface area contributed by atoms with Crippen LogP contribution in [-0.4, -0.2) is 42.5 Å². The fourth-order valence-corrected chi connectivity index (χ4v) is 2.20. The number of aromatic nitrogens is 1. The van der Waals surface area contributed by atoms with Crippen molar-refractivity contribution in [3.8, 4) is 0 Å². The topological polar surface area (TPSA) is 40.5 Å². The van der Waals surface area contributed by atoms with Gasteiger partial charge in [0.05, 0.1) is 17.2 Å². The average Bonchev–Trinajstić information content (AvgIpc) is 2.77. The summed E-state index contributed by atoms with van der Waals surface area (Å²) in [7, 11) is 2.06. The lowest BCUT2D eigenvalue weighted by molar-refractivity contribution is 0.534. The Morgan fingerprint density at radius 2 is 2.38 bits per heavy atom. The molecule has 0 aliphatic carbocycles. The summed E-state index contributed by atoms with van der Waals surface area (Å²) in [5, 5.41) is 6.59.